The molecule has 0 spiro atoms. The summed E-state index contributed by atoms with van der Waals surface area (Å²) in [4.78, 5) is 4.27. The molecule has 3 aromatic rings. The van der Waals surface area contributed by atoms with Gasteiger partial charge in [0.1, 0.15) is 5.75 Å². The zero-order valence-electron chi connectivity index (χ0n) is 11.3. The van der Waals surface area contributed by atoms with Crippen LogP contribution in [0.4, 0.5) is 0 Å². The third-order valence-corrected chi connectivity index (χ3v) is 3.45. The zero-order valence-corrected chi connectivity index (χ0v) is 11.3. The van der Waals surface area contributed by atoms with E-state index in [1.165, 1.54) is 0 Å². The predicted octanol–water partition coefficient (Wildman–Crippen LogP) is 3.37. The van der Waals surface area contributed by atoms with Gasteiger partial charge in [0.15, 0.2) is 0 Å². The monoisotopic (exact) mass is 264 g/mol. The van der Waals surface area contributed by atoms with Crippen molar-refractivity contribution in [1.82, 2.24) is 4.98 Å². The first-order chi connectivity index (χ1) is 9.83. The minimum atomic E-state index is 0.495. The Bertz CT molecular complexity index is 753. The average molecular weight is 264 g/mol. The van der Waals surface area contributed by atoms with E-state index in [4.69, 9.17) is 10.5 Å². The van der Waals surface area contributed by atoms with Crippen LogP contribution in [0.25, 0.3) is 21.9 Å². The highest BCUT2D eigenvalue weighted by Gasteiger charge is 2.08. The molecule has 3 nitrogen and oxygen atoms in total. The summed E-state index contributed by atoms with van der Waals surface area (Å²) in [5, 5.41) is 2.26. The summed E-state index contributed by atoms with van der Waals surface area (Å²) in [6.45, 7) is 0.495. The van der Waals surface area contributed by atoms with E-state index in [-0.39, 0.29) is 0 Å². The third-order valence-electron chi connectivity index (χ3n) is 3.45. The zero-order chi connectivity index (χ0) is 13.9. The van der Waals surface area contributed by atoms with Gasteiger partial charge in [0.05, 0.1) is 7.11 Å². The van der Waals surface area contributed by atoms with Crippen molar-refractivity contribution >= 4 is 10.8 Å². The summed E-state index contributed by atoms with van der Waals surface area (Å²) in [7, 11) is 1.69. The van der Waals surface area contributed by atoms with E-state index in [0.29, 0.717) is 6.54 Å². The Morgan fingerprint density at radius 2 is 1.85 bits per heavy atom. The Hall–Kier alpha value is -2.39. The van der Waals surface area contributed by atoms with Crippen molar-refractivity contribution < 1.29 is 4.74 Å². The van der Waals surface area contributed by atoms with Gasteiger partial charge in [-0.1, -0.05) is 24.3 Å². The highest BCUT2D eigenvalue weighted by Crippen LogP contribution is 2.34. The molecule has 3 heteroatoms. The molecule has 0 unspecified atom stereocenters. The molecule has 1 heterocycles. The molecule has 0 aliphatic heterocycles. The molecule has 0 aliphatic carbocycles. The van der Waals surface area contributed by atoms with E-state index in [9.17, 15) is 0 Å². The smallest absolute Gasteiger partial charge is 0.126 e. The maximum Gasteiger partial charge on any atom is 0.126 e. The molecule has 0 saturated heterocycles. The van der Waals surface area contributed by atoms with E-state index in [2.05, 4.69) is 29.2 Å². The van der Waals surface area contributed by atoms with E-state index in [1.807, 2.05) is 24.4 Å². The SMILES string of the molecule is COc1ccc(-c2cncc(CN)c2)c2ccccc12. The largest absolute Gasteiger partial charge is 0.496 e. The first-order valence-electron chi connectivity index (χ1n) is 6.53. The van der Waals surface area contributed by atoms with Crippen molar-refractivity contribution in [1.29, 1.82) is 0 Å². The van der Waals surface area contributed by atoms with Crippen LogP contribution >= 0.6 is 0 Å². The van der Waals surface area contributed by atoms with Crippen LogP contribution in [0, 0.1) is 0 Å². The van der Waals surface area contributed by atoms with Crippen molar-refractivity contribution in [3.05, 3.63) is 60.4 Å². The molecule has 2 N–H and O–H groups in total. The highest BCUT2D eigenvalue weighted by atomic mass is 16.5. The van der Waals surface area contributed by atoms with Crippen molar-refractivity contribution in [2.24, 2.45) is 5.73 Å². The van der Waals surface area contributed by atoms with Crippen LogP contribution < -0.4 is 10.5 Å². The van der Waals surface area contributed by atoms with E-state index < -0.39 is 0 Å². The molecule has 1 aromatic heterocycles. The van der Waals surface area contributed by atoms with E-state index in [1.54, 1.807) is 13.3 Å². The number of benzene rings is 2. The lowest BCUT2D eigenvalue weighted by atomic mass is 9.98. The van der Waals surface area contributed by atoms with Gasteiger partial charge >= 0.3 is 0 Å². The number of methoxy groups -OCH3 is 1. The molecular formula is C17H16N2O. The van der Waals surface area contributed by atoms with Gasteiger partial charge in [-0.05, 0) is 34.7 Å². The molecular weight excluding hydrogens is 248 g/mol. The van der Waals surface area contributed by atoms with Gasteiger partial charge in [-0.3, -0.25) is 4.98 Å². The van der Waals surface area contributed by atoms with Gasteiger partial charge in [0, 0.05) is 29.9 Å². The summed E-state index contributed by atoms with van der Waals surface area (Å²) in [5.74, 6) is 0.882. The Balaban J connectivity index is 2.26. The van der Waals surface area contributed by atoms with Gasteiger partial charge in [0.2, 0.25) is 0 Å². The van der Waals surface area contributed by atoms with E-state index >= 15 is 0 Å². The summed E-state index contributed by atoms with van der Waals surface area (Å²) in [6.07, 6.45) is 3.67. The van der Waals surface area contributed by atoms with Crippen molar-refractivity contribution in [2.45, 2.75) is 6.54 Å². The predicted molar refractivity (Wildman–Crippen MR) is 81.6 cm³/mol. The fourth-order valence-electron chi connectivity index (χ4n) is 2.45. The molecule has 0 saturated carbocycles. The van der Waals surface area contributed by atoms with Gasteiger partial charge in [-0.2, -0.15) is 0 Å². The van der Waals surface area contributed by atoms with Gasteiger partial charge in [-0.15, -0.1) is 0 Å². The molecule has 0 atom stereocenters. The van der Waals surface area contributed by atoms with Crippen LogP contribution in [-0.4, -0.2) is 12.1 Å². The van der Waals surface area contributed by atoms with Crippen LogP contribution in [0.1, 0.15) is 5.56 Å². The summed E-state index contributed by atoms with van der Waals surface area (Å²) in [5.41, 5.74) is 8.94. The summed E-state index contributed by atoms with van der Waals surface area (Å²) >= 11 is 0. The fourth-order valence-corrected chi connectivity index (χ4v) is 2.45. The van der Waals surface area contributed by atoms with Crippen molar-refractivity contribution in [2.75, 3.05) is 7.11 Å². The lowest BCUT2D eigenvalue weighted by molar-refractivity contribution is 0.420. The number of ether oxygens (including phenoxy) is 1. The minimum Gasteiger partial charge on any atom is -0.496 e. The van der Waals surface area contributed by atoms with Crippen LogP contribution in [0.5, 0.6) is 5.75 Å². The number of rotatable bonds is 3. The topological polar surface area (TPSA) is 48.1 Å². The number of hydrogen-bond donors (Lipinski definition) is 1. The third kappa shape index (κ3) is 2.12. The Labute approximate surface area is 118 Å². The lowest BCUT2D eigenvalue weighted by Gasteiger charge is -2.11. The van der Waals surface area contributed by atoms with Crippen molar-refractivity contribution in [3.8, 4) is 16.9 Å². The van der Waals surface area contributed by atoms with Crippen LogP contribution in [0.15, 0.2) is 54.9 Å². The maximum absolute atomic E-state index is 5.70. The summed E-state index contributed by atoms with van der Waals surface area (Å²) < 4.78 is 5.43. The normalized spacial score (nSPS) is 10.7. The Morgan fingerprint density at radius 1 is 1.05 bits per heavy atom. The quantitative estimate of drug-likeness (QED) is 0.789. The minimum absolute atomic E-state index is 0.495. The molecule has 0 fully saturated rings. The molecule has 0 amide bonds. The maximum atomic E-state index is 5.70. The molecule has 0 aliphatic rings. The number of hydrogen-bond acceptors (Lipinski definition) is 3. The molecule has 2 aromatic carbocycles. The second kappa shape index (κ2) is 5.31. The first kappa shape index (κ1) is 12.6. The molecule has 20 heavy (non-hydrogen) atoms. The number of fused-ring (bicyclic) bond motifs is 1. The number of pyridine rings is 1. The van der Waals surface area contributed by atoms with E-state index in [0.717, 1.165) is 33.2 Å². The Morgan fingerprint density at radius 3 is 2.60 bits per heavy atom. The van der Waals surface area contributed by atoms with Gasteiger partial charge in [-0.25, -0.2) is 0 Å². The van der Waals surface area contributed by atoms with Crippen LogP contribution in [0.3, 0.4) is 0 Å². The van der Waals surface area contributed by atoms with Crippen LogP contribution in [-0.2, 0) is 6.54 Å². The second-order valence-electron chi connectivity index (χ2n) is 4.65. The highest BCUT2D eigenvalue weighted by molar-refractivity contribution is 6.00. The first-order valence-corrected chi connectivity index (χ1v) is 6.53. The standard InChI is InChI=1S/C17H16N2O/c1-20-17-7-6-14(15-4-2-3-5-16(15)17)13-8-12(9-18)10-19-11-13/h2-8,10-11H,9,18H2,1H3. The van der Waals surface area contributed by atoms with Gasteiger partial charge in [0.25, 0.3) is 0 Å². The molecule has 3 rings (SSSR count). The number of nitrogens with two attached hydrogens (primary N) is 1. The Kier molecular flexibility index (Phi) is 3.35. The number of nitrogens with zero attached hydrogens (tertiary/aromatic N) is 1. The number of aromatic nitrogens is 1. The fraction of sp³-hybridized carbons (Fsp3) is 0.118. The van der Waals surface area contributed by atoms with Crippen LogP contribution in [0.2, 0.25) is 0 Å². The second-order valence-corrected chi connectivity index (χ2v) is 4.65. The van der Waals surface area contributed by atoms with Crippen molar-refractivity contribution in [3.63, 3.8) is 0 Å². The molecule has 100 valence electrons. The molecule has 0 bridgehead atoms. The average Bonchev–Trinajstić information content (AvgIpc) is 2.54. The van der Waals surface area contributed by atoms with Gasteiger partial charge < -0.3 is 10.5 Å². The lowest BCUT2D eigenvalue weighted by Crippen LogP contribution is -1.97. The summed E-state index contributed by atoms with van der Waals surface area (Å²) in [6, 6.07) is 14.4. The molecule has 0 radical (unpaired) electrons.